The number of amides is 1. The van der Waals surface area contributed by atoms with Gasteiger partial charge in [-0.15, -0.1) is 0 Å². The fraction of sp³-hybridized carbons (Fsp3) is 0.296. The Labute approximate surface area is 192 Å². The number of benzene rings is 3. The number of fused-ring (bicyclic) bond motifs is 3. The van der Waals surface area contributed by atoms with E-state index in [9.17, 15) is 19.5 Å². The third kappa shape index (κ3) is 3.25. The van der Waals surface area contributed by atoms with E-state index in [1.165, 1.54) is 0 Å². The first-order valence-corrected chi connectivity index (χ1v) is 11.3. The quantitative estimate of drug-likeness (QED) is 0.579. The Morgan fingerprint density at radius 3 is 2.55 bits per heavy atom. The molecule has 4 atom stereocenters. The molecule has 5 rings (SSSR count). The summed E-state index contributed by atoms with van der Waals surface area (Å²) in [5.41, 5.74) is 6.78. The Morgan fingerprint density at radius 1 is 1.03 bits per heavy atom. The largest absolute Gasteiger partial charge is 0.480 e. The Balaban J connectivity index is 1.69. The molecule has 33 heavy (non-hydrogen) atoms. The van der Waals surface area contributed by atoms with Crippen molar-refractivity contribution in [2.75, 3.05) is 4.90 Å². The first kappa shape index (κ1) is 21.3. The highest BCUT2D eigenvalue weighted by molar-refractivity contribution is 6.15. The molecule has 1 amide bonds. The van der Waals surface area contributed by atoms with Gasteiger partial charge in [-0.2, -0.15) is 0 Å². The number of carbonyl (C=O) groups is 3. The molecule has 1 fully saturated rings. The van der Waals surface area contributed by atoms with Gasteiger partial charge in [-0.1, -0.05) is 61.0 Å². The summed E-state index contributed by atoms with van der Waals surface area (Å²) in [6, 6.07) is 20.8. The molecule has 1 heterocycles. The van der Waals surface area contributed by atoms with Gasteiger partial charge in [0.25, 0.3) is 5.91 Å². The van der Waals surface area contributed by atoms with E-state index in [0.29, 0.717) is 17.5 Å². The van der Waals surface area contributed by atoms with Crippen molar-refractivity contribution in [1.82, 2.24) is 0 Å². The lowest BCUT2D eigenvalue weighted by molar-refractivity contribution is -0.146. The van der Waals surface area contributed by atoms with Crippen molar-refractivity contribution in [3.63, 3.8) is 0 Å². The Hall–Kier alpha value is -3.51. The van der Waals surface area contributed by atoms with E-state index >= 15 is 0 Å². The molecule has 0 radical (unpaired) electrons. The Bertz CT molecular complexity index is 1250. The number of carbonyl (C=O) groups excluding carboxylic acids is 2. The zero-order valence-corrected chi connectivity index (χ0v) is 18.2. The minimum Gasteiger partial charge on any atom is -0.480 e. The predicted molar refractivity (Wildman–Crippen MR) is 126 cm³/mol. The second-order valence-corrected chi connectivity index (χ2v) is 9.12. The van der Waals surface area contributed by atoms with Gasteiger partial charge >= 0.3 is 5.97 Å². The van der Waals surface area contributed by atoms with E-state index in [0.717, 1.165) is 35.6 Å². The van der Waals surface area contributed by atoms with Crippen molar-refractivity contribution in [2.45, 2.75) is 43.2 Å². The molecule has 0 aromatic heterocycles. The van der Waals surface area contributed by atoms with Gasteiger partial charge in [0.2, 0.25) is 0 Å². The maximum atomic E-state index is 14.1. The topological polar surface area (TPSA) is 101 Å². The molecule has 2 aliphatic rings. The van der Waals surface area contributed by atoms with Crippen LogP contribution in [0.2, 0.25) is 0 Å². The zero-order valence-electron chi connectivity index (χ0n) is 18.2. The number of rotatable bonds is 5. The third-order valence-corrected chi connectivity index (χ3v) is 7.44. The average Bonchev–Trinajstić information content (AvgIpc) is 3.30. The molecule has 0 saturated heterocycles. The normalized spacial score (nSPS) is 23.4. The van der Waals surface area contributed by atoms with Gasteiger partial charge in [0, 0.05) is 29.6 Å². The van der Waals surface area contributed by atoms with Crippen molar-refractivity contribution in [3.8, 4) is 0 Å². The fourth-order valence-corrected chi connectivity index (χ4v) is 6.00. The first-order valence-electron chi connectivity index (χ1n) is 11.3. The van der Waals surface area contributed by atoms with Crippen LogP contribution in [0.4, 0.5) is 5.69 Å². The summed E-state index contributed by atoms with van der Waals surface area (Å²) in [5, 5.41) is 11.9. The standard InChI is InChI=1S/C27H26N2O4/c28-27(15-16-30,26(32)33)24-20-10-3-4-13-22(20)29(23-14-6-12-21(23)24)25(31)19-11-5-8-17-7-1-2-9-18(17)19/h1-5,7-11,13,16,21,23-24H,6,12,14-15,28H2,(H,32,33). The number of nitrogens with zero attached hydrogens (tertiary/aromatic N) is 1. The van der Waals surface area contributed by atoms with Crippen molar-refractivity contribution in [1.29, 1.82) is 0 Å². The zero-order chi connectivity index (χ0) is 23.2. The van der Waals surface area contributed by atoms with Crippen LogP contribution in [0.1, 0.15) is 47.5 Å². The second-order valence-electron chi connectivity index (χ2n) is 9.12. The monoisotopic (exact) mass is 442 g/mol. The Kier molecular flexibility index (Phi) is 5.25. The van der Waals surface area contributed by atoms with Gasteiger partial charge in [-0.05, 0) is 47.2 Å². The fourth-order valence-electron chi connectivity index (χ4n) is 6.00. The highest BCUT2D eigenvalue weighted by atomic mass is 16.4. The second kappa shape index (κ2) is 8.12. The van der Waals surface area contributed by atoms with Crippen LogP contribution in [0.25, 0.3) is 10.8 Å². The average molecular weight is 443 g/mol. The number of aldehydes is 1. The molecule has 3 aromatic carbocycles. The number of para-hydroxylation sites is 1. The predicted octanol–water partition coefficient (Wildman–Crippen LogP) is 4.12. The van der Waals surface area contributed by atoms with Crippen molar-refractivity contribution in [3.05, 3.63) is 77.9 Å². The van der Waals surface area contributed by atoms with Crippen LogP contribution in [0.15, 0.2) is 66.7 Å². The van der Waals surface area contributed by atoms with E-state index in [1.54, 1.807) is 0 Å². The molecule has 1 aliphatic carbocycles. The van der Waals surface area contributed by atoms with Gasteiger partial charge in [0.05, 0.1) is 0 Å². The van der Waals surface area contributed by atoms with Crippen molar-refractivity contribution in [2.24, 2.45) is 11.7 Å². The van der Waals surface area contributed by atoms with Crippen LogP contribution in [0, 0.1) is 5.92 Å². The number of aliphatic carboxylic acids is 1. The van der Waals surface area contributed by atoms with Crippen LogP contribution in [-0.4, -0.2) is 34.8 Å². The van der Waals surface area contributed by atoms with E-state index in [4.69, 9.17) is 5.73 Å². The van der Waals surface area contributed by atoms with Crippen LogP contribution < -0.4 is 10.6 Å². The maximum absolute atomic E-state index is 14.1. The lowest BCUT2D eigenvalue weighted by atomic mass is 9.66. The molecular formula is C27H26N2O4. The van der Waals surface area contributed by atoms with Crippen molar-refractivity contribution < 1.29 is 19.5 Å². The van der Waals surface area contributed by atoms with Gasteiger partial charge < -0.3 is 20.5 Å². The molecule has 3 N–H and O–H groups in total. The van der Waals surface area contributed by atoms with E-state index in [1.807, 2.05) is 71.6 Å². The SMILES string of the molecule is NC(CC=O)(C(=O)O)C1c2ccccc2N(C(=O)c2cccc3ccccc23)C2CCCC21. The summed E-state index contributed by atoms with van der Waals surface area (Å²) in [6.07, 6.45) is 2.71. The number of carboxylic acid groups (broad SMARTS) is 1. The highest BCUT2D eigenvalue weighted by Gasteiger charge is 2.55. The summed E-state index contributed by atoms with van der Waals surface area (Å²) < 4.78 is 0. The molecular weight excluding hydrogens is 416 g/mol. The summed E-state index contributed by atoms with van der Waals surface area (Å²) in [6.45, 7) is 0. The van der Waals surface area contributed by atoms with Crippen LogP contribution >= 0.6 is 0 Å². The summed E-state index contributed by atoms with van der Waals surface area (Å²) in [7, 11) is 0. The van der Waals surface area contributed by atoms with Crippen LogP contribution in [-0.2, 0) is 9.59 Å². The molecule has 3 aromatic rings. The molecule has 6 nitrogen and oxygen atoms in total. The van der Waals surface area contributed by atoms with Crippen LogP contribution in [0.3, 0.4) is 0 Å². The van der Waals surface area contributed by atoms with E-state index in [-0.39, 0.29) is 24.3 Å². The molecule has 6 heteroatoms. The number of hydrogen-bond donors (Lipinski definition) is 2. The summed E-state index contributed by atoms with van der Waals surface area (Å²) >= 11 is 0. The highest BCUT2D eigenvalue weighted by Crippen LogP contribution is 2.53. The number of hydrogen-bond acceptors (Lipinski definition) is 4. The van der Waals surface area contributed by atoms with E-state index in [2.05, 4.69) is 0 Å². The third-order valence-electron chi connectivity index (χ3n) is 7.44. The minimum atomic E-state index is -1.72. The first-order chi connectivity index (χ1) is 16.0. The van der Waals surface area contributed by atoms with Gasteiger partial charge in [-0.25, -0.2) is 0 Å². The molecule has 168 valence electrons. The molecule has 0 spiro atoms. The lowest BCUT2D eigenvalue weighted by Crippen LogP contribution is -2.60. The van der Waals surface area contributed by atoms with E-state index < -0.39 is 17.4 Å². The number of nitrogens with two attached hydrogens (primary N) is 1. The molecule has 1 saturated carbocycles. The minimum absolute atomic E-state index is 0.0945. The van der Waals surface area contributed by atoms with Gasteiger partial charge in [0.15, 0.2) is 0 Å². The molecule has 4 unspecified atom stereocenters. The summed E-state index contributed by atoms with van der Waals surface area (Å²) in [5.74, 6) is -1.97. The lowest BCUT2D eigenvalue weighted by Gasteiger charge is -2.48. The maximum Gasteiger partial charge on any atom is 0.324 e. The molecule has 0 bridgehead atoms. The summed E-state index contributed by atoms with van der Waals surface area (Å²) in [4.78, 5) is 39.7. The van der Waals surface area contributed by atoms with Gasteiger partial charge in [0.1, 0.15) is 11.8 Å². The van der Waals surface area contributed by atoms with Gasteiger partial charge in [-0.3, -0.25) is 9.59 Å². The van der Waals surface area contributed by atoms with Crippen LogP contribution in [0.5, 0.6) is 0 Å². The Morgan fingerprint density at radius 2 is 1.76 bits per heavy atom. The number of anilines is 1. The number of carboxylic acids is 1. The molecule has 1 aliphatic heterocycles. The smallest absolute Gasteiger partial charge is 0.324 e. The van der Waals surface area contributed by atoms with Crippen molar-refractivity contribution >= 4 is 34.6 Å².